The van der Waals surface area contributed by atoms with E-state index >= 15 is 0 Å². The molecule has 1 aromatic carbocycles. The highest BCUT2D eigenvalue weighted by Crippen LogP contribution is 2.25. The quantitative estimate of drug-likeness (QED) is 0.895. The fourth-order valence-electron chi connectivity index (χ4n) is 2.64. The maximum Gasteiger partial charge on any atom is 0.223 e. The third-order valence-electron chi connectivity index (χ3n) is 3.93. The zero-order chi connectivity index (χ0) is 14.7. The standard InChI is InChI=1S/C15H20F2N2O/c1-9(13-7-4-11(16)8-14(13)17)19-15(20)10-2-5-12(18)6-3-10/h4,7-10,12H,2-3,5-6,18H2,1H3,(H,19,20). The number of hydrogen-bond acceptors (Lipinski definition) is 2. The van der Waals surface area contributed by atoms with Gasteiger partial charge in [0.1, 0.15) is 11.6 Å². The van der Waals surface area contributed by atoms with Crippen LogP contribution in [0.4, 0.5) is 8.78 Å². The largest absolute Gasteiger partial charge is 0.349 e. The van der Waals surface area contributed by atoms with Crippen molar-refractivity contribution in [1.29, 1.82) is 0 Å². The lowest BCUT2D eigenvalue weighted by atomic mass is 9.85. The minimum atomic E-state index is -0.636. The van der Waals surface area contributed by atoms with Crippen LogP contribution < -0.4 is 11.1 Å². The second-order valence-corrected chi connectivity index (χ2v) is 5.51. The van der Waals surface area contributed by atoms with Crippen LogP contribution in [0, 0.1) is 17.6 Å². The lowest BCUT2D eigenvalue weighted by molar-refractivity contribution is -0.126. The molecule has 1 unspecified atom stereocenters. The van der Waals surface area contributed by atoms with Gasteiger partial charge in [-0.3, -0.25) is 4.79 Å². The van der Waals surface area contributed by atoms with Gasteiger partial charge in [-0.25, -0.2) is 8.78 Å². The van der Waals surface area contributed by atoms with Crippen LogP contribution in [0.3, 0.4) is 0 Å². The van der Waals surface area contributed by atoms with E-state index in [0.29, 0.717) is 5.56 Å². The Morgan fingerprint density at radius 1 is 1.30 bits per heavy atom. The zero-order valence-corrected chi connectivity index (χ0v) is 11.5. The van der Waals surface area contributed by atoms with Gasteiger partial charge in [0.15, 0.2) is 0 Å². The number of hydrogen-bond donors (Lipinski definition) is 2. The van der Waals surface area contributed by atoms with Crippen molar-refractivity contribution in [2.45, 2.75) is 44.7 Å². The van der Waals surface area contributed by atoms with Crippen LogP contribution in [0.15, 0.2) is 18.2 Å². The first-order valence-corrected chi connectivity index (χ1v) is 6.98. The number of benzene rings is 1. The van der Waals surface area contributed by atoms with Crippen LogP contribution >= 0.6 is 0 Å². The third-order valence-corrected chi connectivity index (χ3v) is 3.93. The van der Waals surface area contributed by atoms with Crippen molar-refractivity contribution in [2.24, 2.45) is 11.7 Å². The number of nitrogens with one attached hydrogen (secondary N) is 1. The highest BCUT2D eigenvalue weighted by molar-refractivity contribution is 5.79. The lowest BCUT2D eigenvalue weighted by Crippen LogP contribution is -2.37. The molecule has 0 aliphatic heterocycles. The van der Waals surface area contributed by atoms with E-state index in [4.69, 9.17) is 5.73 Å². The van der Waals surface area contributed by atoms with E-state index in [2.05, 4.69) is 5.32 Å². The van der Waals surface area contributed by atoms with Gasteiger partial charge in [0.2, 0.25) is 5.91 Å². The molecule has 1 aliphatic carbocycles. The van der Waals surface area contributed by atoms with Gasteiger partial charge in [0.25, 0.3) is 0 Å². The summed E-state index contributed by atoms with van der Waals surface area (Å²) in [5, 5.41) is 2.80. The predicted octanol–water partition coefficient (Wildman–Crippen LogP) is 2.66. The molecule has 0 spiro atoms. The first kappa shape index (κ1) is 14.9. The molecule has 1 aromatic rings. The Morgan fingerprint density at radius 3 is 2.55 bits per heavy atom. The SMILES string of the molecule is CC(NC(=O)C1CCC(N)CC1)c1ccc(F)cc1F. The summed E-state index contributed by atoms with van der Waals surface area (Å²) in [5.74, 6) is -1.39. The summed E-state index contributed by atoms with van der Waals surface area (Å²) >= 11 is 0. The molecule has 1 atom stereocenters. The molecule has 1 aliphatic rings. The molecule has 0 saturated heterocycles. The Bertz CT molecular complexity index is 485. The number of carbonyl (C=O) groups excluding carboxylic acids is 1. The smallest absolute Gasteiger partial charge is 0.223 e. The molecule has 20 heavy (non-hydrogen) atoms. The Kier molecular flexibility index (Phi) is 4.70. The first-order chi connectivity index (χ1) is 9.47. The van der Waals surface area contributed by atoms with E-state index in [0.717, 1.165) is 31.7 Å². The number of halogens is 2. The zero-order valence-electron chi connectivity index (χ0n) is 11.5. The van der Waals surface area contributed by atoms with Gasteiger partial charge < -0.3 is 11.1 Å². The molecule has 3 nitrogen and oxygen atoms in total. The molecule has 3 N–H and O–H groups in total. The second kappa shape index (κ2) is 6.31. The maximum absolute atomic E-state index is 13.6. The molecular formula is C15H20F2N2O. The van der Waals surface area contributed by atoms with Crippen molar-refractivity contribution in [1.82, 2.24) is 5.32 Å². The van der Waals surface area contributed by atoms with Gasteiger partial charge in [0.05, 0.1) is 6.04 Å². The summed E-state index contributed by atoms with van der Waals surface area (Å²) in [6, 6.07) is 3.11. The summed E-state index contributed by atoms with van der Waals surface area (Å²) in [6.07, 6.45) is 3.23. The first-order valence-electron chi connectivity index (χ1n) is 6.98. The number of amides is 1. The fourth-order valence-corrected chi connectivity index (χ4v) is 2.64. The monoisotopic (exact) mass is 282 g/mol. The maximum atomic E-state index is 13.6. The molecule has 1 saturated carbocycles. The van der Waals surface area contributed by atoms with E-state index in [1.807, 2.05) is 0 Å². The van der Waals surface area contributed by atoms with Crippen molar-refractivity contribution >= 4 is 5.91 Å². The summed E-state index contributed by atoms with van der Waals surface area (Å²) in [4.78, 5) is 12.1. The molecule has 5 heteroatoms. The summed E-state index contributed by atoms with van der Waals surface area (Å²) in [6.45, 7) is 1.70. The van der Waals surface area contributed by atoms with Crippen LogP contribution in [-0.4, -0.2) is 11.9 Å². The highest BCUT2D eigenvalue weighted by Gasteiger charge is 2.26. The van der Waals surface area contributed by atoms with Crippen molar-refractivity contribution in [3.63, 3.8) is 0 Å². The Hall–Kier alpha value is -1.49. The molecule has 0 radical (unpaired) electrons. The van der Waals surface area contributed by atoms with E-state index in [-0.39, 0.29) is 17.9 Å². The average molecular weight is 282 g/mol. The predicted molar refractivity (Wildman–Crippen MR) is 72.8 cm³/mol. The molecule has 0 heterocycles. The van der Waals surface area contributed by atoms with E-state index < -0.39 is 17.7 Å². The average Bonchev–Trinajstić information content (AvgIpc) is 2.39. The van der Waals surface area contributed by atoms with E-state index in [9.17, 15) is 13.6 Å². The molecule has 0 bridgehead atoms. The summed E-state index contributed by atoms with van der Waals surface area (Å²) in [7, 11) is 0. The summed E-state index contributed by atoms with van der Waals surface area (Å²) in [5.41, 5.74) is 6.11. The fraction of sp³-hybridized carbons (Fsp3) is 0.533. The van der Waals surface area contributed by atoms with Gasteiger partial charge in [0, 0.05) is 23.6 Å². The molecule has 110 valence electrons. The van der Waals surface area contributed by atoms with Crippen LogP contribution in [0.2, 0.25) is 0 Å². The van der Waals surface area contributed by atoms with Crippen LogP contribution in [0.1, 0.15) is 44.2 Å². The normalized spacial score (nSPS) is 24.2. The summed E-state index contributed by atoms with van der Waals surface area (Å²) < 4.78 is 26.5. The van der Waals surface area contributed by atoms with Gasteiger partial charge in [-0.1, -0.05) is 6.07 Å². The number of carbonyl (C=O) groups is 1. The van der Waals surface area contributed by atoms with E-state index in [1.54, 1.807) is 6.92 Å². The Labute approximate surface area is 117 Å². The van der Waals surface area contributed by atoms with Crippen LogP contribution in [0.25, 0.3) is 0 Å². The van der Waals surface area contributed by atoms with Gasteiger partial charge in [-0.15, -0.1) is 0 Å². The molecule has 0 aromatic heterocycles. The minimum absolute atomic E-state index is 0.0549. The minimum Gasteiger partial charge on any atom is -0.349 e. The molecular weight excluding hydrogens is 262 g/mol. The Morgan fingerprint density at radius 2 is 1.95 bits per heavy atom. The van der Waals surface area contributed by atoms with Crippen molar-refractivity contribution in [3.05, 3.63) is 35.4 Å². The molecule has 1 fully saturated rings. The second-order valence-electron chi connectivity index (χ2n) is 5.51. The van der Waals surface area contributed by atoms with Gasteiger partial charge >= 0.3 is 0 Å². The third kappa shape index (κ3) is 3.54. The van der Waals surface area contributed by atoms with Crippen molar-refractivity contribution in [3.8, 4) is 0 Å². The van der Waals surface area contributed by atoms with Gasteiger partial charge in [-0.2, -0.15) is 0 Å². The highest BCUT2D eigenvalue weighted by atomic mass is 19.1. The molecule has 2 rings (SSSR count). The molecule has 1 amide bonds. The van der Waals surface area contributed by atoms with Crippen molar-refractivity contribution in [2.75, 3.05) is 0 Å². The van der Waals surface area contributed by atoms with Crippen LogP contribution in [-0.2, 0) is 4.79 Å². The topological polar surface area (TPSA) is 55.1 Å². The number of nitrogens with two attached hydrogens (primary N) is 1. The van der Waals surface area contributed by atoms with E-state index in [1.165, 1.54) is 12.1 Å². The Balaban J connectivity index is 1.96. The lowest BCUT2D eigenvalue weighted by Gasteiger charge is -2.26. The van der Waals surface area contributed by atoms with Crippen LogP contribution in [0.5, 0.6) is 0 Å². The van der Waals surface area contributed by atoms with Gasteiger partial charge in [-0.05, 0) is 38.7 Å². The number of rotatable bonds is 3. The van der Waals surface area contributed by atoms with Crippen molar-refractivity contribution < 1.29 is 13.6 Å².